The molecule has 1 aromatic carbocycles. The molecule has 1 aromatic rings. The van der Waals surface area contributed by atoms with Crippen molar-refractivity contribution in [2.75, 3.05) is 5.32 Å². The Morgan fingerprint density at radius 2 is 2.00 bits per heavy atom. The average Bonchev–Trinajstić information content (AvgIpc) is 1.99. The molecule has 0 atom stereocenters. The Hall–Kier alpha value is -1.50. The lowest BCUT2D eigenvalue weighted by Gasteiger charge is -2.10. The Labute approximate surface area is 88.7 Å². The maximum atomic E-state index is 12.2. The number of aromatic hydroxyl groups is 1. The molecule has 0 spiro atoms. The summed E-state index contributed by atoms with van der Waals surface area (Å²) in [6, 6.07) is 2.78. The van der Waals surface area contributed by atoms with Gasteiger partial charge in [-0.15, -0.1) is 0 Å². The molecule has 0 saturated heterocycles. The molecule has 0 fully saturated rings. The van der Waals surface area contributed by atoms with Gasteiger partial charge in [0.15, 0.2) is 5.11 Å². The number of phenolic OH excluding ortho intramolecular Hbond substituents is 1. The van der Waals surface area contributed by atoms with Crippen LogP contribution in [0.15, 0.2) is 18.2 Å². The summed E-state index contributed by atoms with van der Waals surface area (Å²) in [5.74, 6) is -0.872. The van der Waals surface area contributed by atoms with Gasteiger partial charge in [-0.3, -0.25) is 0 Å². The van der Waals surface area contributed by atoms with Gasteiger partial charge in [0.25, 0.3) is 0 Å². The molecule has 82 valence electrons. The minimum Gasteiger partial charge on any atom is -0.507 e. The van der Waals surface area contributed by atoms with Gasteiger partial charge in [0.2, 0.25) is 0 Å². The van der Waals surface area contributed by atoms with E-state index < -0.39 is 17.5 Å². The SMILES string of the molecule is NC(=S)Nc1ccc(C(F)(F)F)c(O)c1. The summed E-state index contributed by atoms with van der Waals surface area (Å²) in [5, 5.41) is 11.4. The van der Waals surface area contributed by atoms with E-state index in [-0.39, 0.29) is 10.8 Å². The van der Waals surface area contributed by atoms with Crippen LogP contribution in [0.25, 0.3) is 0 Å². The second-order valence-electron chi connectivity index (χ2n) is 2.72. The van der Waals surface area contributed by atoms with Gasteiger partial charge in [-0.2, -0.15) is 13.2 Å². The number of nitrogens with two attached hydrogens (primary N) is 1. The van der Waals surface area contributed by atoms with E-state index in [1.807, 2.05) is 0 Å². The number of hydrogen-bond acceptors (Lipinski definition) is 2. The normalized spacial score (nSPS) is 11.1. The van der Waals surface area contributed by atoms with Gasteiger partial charge >= 0.3 is 6.18 Å². The molecule has 0 aliphatic carbocycles. The molecule has 0 unspecified atom stereocenters. The minimum atomic E-state index is -4.58. The summed E-state index contributed by atoms with van der Waals surface area (Å²) < 4.78 is 36.6. The lowest BCUT2D eigenvalue weighted by Crippen LogP contribution is -2.19. The Morgan fingerprint density at radius 1 is 1.40 bits per heavy atom. The van der Waals surface area contributed by atoms with E-state index in [4.69, 9.17) is 10.8 Å². The molecular weight excluding hydrogens is 229 g/mol. The van der Waals surface area contributed by atoms with Crippen molar-refractivity contribution in [3.8, 4) is 5.75 Å². The first-order valence-corrected chi connectivity index (χ1v) is 4.18. The van der Waals surface area contributed by atoms with Crippen molar-refractivity contribution < 1.29 is 18.3 Å². The largest absolute Gasteiger partial charge is 0.507 e. The van der Waals surface area contributed by atoms with Gasteiger partial charge in [-0.1, -0.05) is 0 Å². The molecule has 15 heavy (non-hydrogen) atoms. The average molecular weight is 236 g/mol. The molecule has 3 nitrogen and oxygen atoms in total. The Morgan fingerprint density at radius 3 is 2.40 bits per heavy atom. The first-order valence-electron chi connectivity index (χ1n) is 3.77. The van der Waals surface area contributed by atoms with Crippen LogP contribution < -0.4 is 11.1 Å². The minimum absolute atomic E-state index is 0.0887. The number of nitrogens with one attached hydrogen (secondary N) is 1. The summed E-state index contributed by atoms with van der Waals surface area (Å²) in [7, 11) is 0. The number of halogens is 3. The number of thiocarbonyl (C=S) groups is 1. The fourth-order valence-corrected chi connectivity index (χ4v) is 1.11. The van der Waals surface area contributed by atoms with Crippen molar-refractivity contribution in [2.45, 2.75) is 6.18 Å². The number of alkyl halides is 3. The zero-order valence-electron chi connectivity index (χ0n) is 7.30. The molecule has 0 aliphatic rings. The van der Waals surface area contributed by atoms with Crippen molar-refractivity contribution in [3.63, 3.8) is 0 Å². The van der Waals surface area contributed by atoms with Crippen LogP contribution in [0.5, 0.6) is 5.75 Å². The summed E-state index contributed by atoms with van der Waals surface area (Å²) in [6.07, 6.45) is -4.58. The zero-order chi connectivity index (χ0) is 11.6. The van der Waals surface area contributed by atoms with E-state index >= 15 is 0 Å². The molecular formula is C8H7F3N2OS. The molecule has 0 saturated carbocycles. The van der Waals surface area contributed by atoms with E-state index in [0.717, 1.165) is 18.2 Å². The quantitative estimate of drug-likeness (QED) is 0.653. The van der Waals surface area contributed by atoms with Crippen LogP contribution in [0, 0.1) is 0 Å². The number of phenols is 1. The van der Waals surface area contributed by atoms with Crippen LogP contribution in [0.1, 0.15) is 5.56 Å². The summed E-state index contributed by atoms with van der Waals surface area (Å²) >= 11 is 4.49. The Bertz CT molecular complexity index is 392. The number of anilines is 1. The molecule has 0 bridgehead atoms. The van der Waals surface area contributed by atoms with Gasteiger partial charge in [-0.05, 0) is 24.4 Å². The summed E-state index contributed by atoms with van der Waals surface area (Å²) in [4.78, 5) is 0. The molecule has 4 N–H and O–H groups in total. The highest BCUT2D eigenvalue weighted by Gasteiger charge is 2.33. The van der Waals surface area contributed by atoms with Crippen molar-refractivity contribution in [1.82, 2.24) is 0 Å². The third-order valence-electron chi connectivity index (χ3n) is 1.57. The van der Waals surface area contributed by atoms with Crippen LogP contribution in [-0.4, -0.2) is 10.2 Å². The third-order valence-corrected chi connectivity index (χ3v) is 1.67. The van der Waals surface area contributed by atoms with Crippen molar-refractivity contribution >= 4 is 23.0 Å². The van der Waals surface area contributed by atoms with Crippen LogP contribution >= 0.6 is 12.2 Å². The molecule has 1 rings (SSSR count). The highest BCUT2D eigenvalue weighted by atomic mass is 32.1. The molecule has 0 aliphatic heterocycles. The van der Waals surface area contributed by atoms with Gasteiger partial charge < -0.3 is 16.2 Å². The van der Waals surface area contributed by atoms with Gasteiger partial charge in [0.1, 0.15) is 5.75 Å². The maximum Gasteiger partial charge on any atom is 0.419 e. The zero-order valence-corrected chi connectivity index (χ0v) is 8.12. The fraction of sp³-hybridized carbons (Fsp3) is 0.125. The second-order valence-corrected chi connectivity index (χ2v) is 3.16. The summed E-state index contributed by atoms with van der Waals surface area (Å²) in [5.41, 5.74) is 4.22. The maximum absolute atomic E-state index is 12.2. The lowest BCUT2D eigenvalue weighted by molar-refractivity contribution is -0.138. The van der Waals surface area contributed by atoms with Gasteiger partial charge in [0, 0.05) is 11.8 Å². The first kappa shape index (κ1) is 11.6. The number of hydrogen-bond donors (Lipinski definition) is 3. The van der Waals surface area contributed by atoms with Gasteiger partial charge in [-0.25, -0.2) is 0 Å². The molecule has 0 aromatic heterocycles. The first-order chi connectivity index (χ1) is 6.80. The van der Waals surface area contributed by atoms with Crippen LogP contribution in [0.3, 0.4) is 0 Å². The van der Waals surface area contributed by atoms with Crippen molar-refractivity contribution in [3.05, 3.63) is 23.8 Å². The van der Waals surface area contributed by atoms with E-state index in [0.29, 0.717) is 0 Å². The molecule has 0 heterocycles. The van der Waals surface area contributed by atoms with E-state index in [9.17, 15) is 13.2 Å². The smallest absolute Gasteiger partial charge is 0.419 e. The number of benzene rings is 1. The Balaban J connectivity index is 3.04. The van der Waals surface area contributed by atoms with Gasteiger partial charge in [0.05, 0.1) is 5.56 Å². The summed E-state index contributed by atoms with van der Waals surface area (Å²) in [6.45, 7) is 0. The van der Waals surface area contributed by atoms with Crippen LogP contribution in [0.4, 0.5) is 18.9 Å². The highest BCUT2D eigenvalue weighted by Crippen LogP contribution is 2.36. The highest BCUT2D eigenvalue weighted by molar-refractivity contribution is 7.80. The van der Waals surface area contributed by atoms with E-state index in [2.05, 4.69) is 17.5 Å². The monoisotopic (exact) mass is 236 g/mol. The van der Waals surface area contributed by atoms with Crippen molar-refractivity contribution in [2.24, 2.45) is 5.73 Å². The number of rotatable bonds is 1. The topological polar surface area (TPSA) is 58.3 Å². The third kappa shape index (κ3) is 2.98. The molecule has 0 amide bonds. The fourth-order valence-electron chi connectivity index (χ4n) is 0.991. The van der Waals surface area contributed by atoms with E-state index in [1.54, 1.807) is 0 Å². The standard InChI is InChI=1S/C8H7F3N2OS/c9-8(10,11)5-2-1-4(3-6(5)14)13-7(12)15/h1-3,14H,(H3,12,13,15). The van der Waals surface area contributed by atoms with E-state index in [1.165, 1.54) is 0 Å². The van der Waals surface area contributed by atoms with Crippen LogP contribution in [0.2, 0.25) is 0 Å². The van der Waals surface area contributed by atoms with Crippen LogP contribution in [-0.2, 0) is 6.18 Å². The predicted molar refractivity (Wildman–Crippen MR) is 53.5 cm³/mol. The predicted octanol–water partition coefficient (Wildman–Crippen LogP) is 2.07. The molecule has 7 heteroatoms. The second kappa shape index (κ2) is 3.93. The Kier molecular flexibility index (Phi) is 3.04. The lowest BCUT2D eigenvalue weighted by atomic mass is 10.2. The van der Waals surface area contributed by atoms with Crippen molar-refractivity contribution in [1.29, 1.82) is 0 Å². The molecule has 0 radical (unpaired) electrons.